The summed E-state index contributed by atoms with van der Waals surface area (Å²) in [6.07, 6.45) is -3.05. The number of nitrogens with two attached hydrogens (primary N) is 1. The second-order valence-corrected chi connectivity index (χ2v) is 3.34. The van der Waals surface area contributed by atoms with E-state index in [1.54, 1.807) is 0 Å². The zero-order chi connectivity index (χ0) is 12.3. The van der Waals surface area contributed by atoms with Gasteiger partial charge >= 0.3 is 6.18 Å². The highest BCUT2D eigenvalue weighted by molar-refractivity contribution is 5.30. The zero-order valence-corrected chi connectivity index (χ0v) is 8.39. The average molecular weight is 233 g/mol. The fourth-order valence-corrected chi connectivity index (χ4v) is 1.36. The van der Waals surface area contributed by atoms with E-state index in [2.05, 4.69) is 6.58 Å². The summed E-state index contributed by atoms with van der Waals surface area (Å²) < 4.78 is 50.6. The van der Waals surface area contributed by atoms with E-state index in [0.717, 1.165) is 6.07 Å². The molecular formula is C11H11F4N. The van der Waals surface area contributed by atoms with Gasteiger partial charge in [-0.1, -0.05) is 18.2 Å². The molecule has 5 heteroatoms. The molecule has 0 saturated carbocycles. The monoisotopic (exact) mass is 233 g/mol. The van der Waals surface area contributed by atoms with Crippen LogP contribution < -0.4 is 5.73 Å². The van der Waals surface area contributed by atoms with Crippen molar-refractivity contribution >= 4 is 0 Å². The predicted octanol–water partition coefficient (Wildman–Crippen LogP) is 3.42. The molecule has 0 aromatic heterocycles. The van der Waals surface area contributed by atoms with Crippen molar-refractivity contribution in [3.05, 3.63) is 47.8 Å². The van der Waals surface area contributed by atoms with Gasteiger partial charge in [-0.05, 0) is 12.5 Å². The largest absolute Gasteiger partial charge is 0.419 e. The lowest BCUT2D eigenvalue weighted by molar-refractivity contribution is -0.140. The first-order valence-corrected chi connectivity index (χ1v) is 4.60. The maximum absolute atomic E-state index is 13.5. The van der Waals surface area contributed by atoms with Crippen LogP contribution in [0.25, 0.3) is 0 Å². The van der Waals surface area contributed by atoms with Crippen molar-refractivity contribution in [3.8, 4) is 0 Å². The van der Waals surface area contributed by atoms with Gasteiger partial charge in [-0.15, -0.1) is 6.58 Å². The van der Waals surface area contributed by atoms with Gasteiger partial charge in [-0.25, -0.2) is 4.39 Å². The number of alkyl halides is 3. The molecule has 88 valence electrons. The van der Waals surface area contributed by atoms with E-state index in [-0.39, 0.29) is 12.0 Å². The van der Waals surface area contributed by atoms with Crippen molar-refractivity contribution in [2.75, 3.05) is 0 Å². The van der Waals surface area contributed by atoms with Crippen molar-refractivity contribution in [2.24, 2.45) is 5.73 Å². The van der Waals surface area contributed by atoms with Crippen LogP contribution in [-0.2, 0) is 6.18 Å². The molecule has 0 spiro atoms. The van der Waals surface area contributed by atoms with Gasteiger partial charge in [-0.3, -0.25) is 0 Å². The molecule has 1 aromatic carbocycles. The molecule has 2 N–H and O–H groups in total. The van der Waals surface area contributed by atoms with Gasteiger partial charge < -0.3 is 5.73 Å². The maximum atomic E-state index is 13.5. The normalized spacial score (nSPS) is 13.6. The topological polar surface area (TPSA) is 26.0 Å². The number of hydrogen-bond acceptors (Lipinski definition) is 1. The van der Waals surface area contributed by atoms with E-state index < -0.39 is 23.6 Å². The first kappa shape index (κ1) is 12.7. The standard InChI is InChI=1S/C11H11F4N/c1-2-4-9(16)7-5-3-6-8(10(7)12)11(13,14)15/h2-3,5-6,9H,1,4,16H2. The average Bonchev–Trinajstić information content (AvgIpc) is 2.16. The van der Waals surface area contributed by atoms with Gasteiger partial charge in [0.2, 0.25) is 0 Å². The summed E-state index contributed by atoms with van der Waals surface area (Å²) in [4.78, 5) is 0. The lowest BCUT2D eigenvalue weighted by Gasteiger charge is -2.14. The number of benzene rings is 1. The highest BCUT2D eigenvalue weighted by Crippen LogP contribution is 2.33. The summed E-state index contributed by atoms with van der Waals surface area (Å²) >= 11 is 0. The summed E-state index contributed by atoms with van der Waals surface area (Å²) in [6.45, 7) is 3.40. The summed E-state index contributed by atoms with van der Waals surface area (Å²) in [5.74, 6) is -1.30. The molecule has 0 aliphatic rings. The first-order valence-electron chi connectivity index (χ1n) is 4.60. The minimum absolute atomic E-state index is 0.144. The number of halogens is 4. The second-order valence-electron chi connectivity index (χ2n) is 3.34. The molecule has 0 heterocycles. The van der Waals surface area contributed by atoms with Crippen LogP contribution in [0.4, 0.5) is 17.6 Å². The van der Waals surface area contributed by atoms with Crippen LogP contribution in [0.15, 0.2) is 30.9 Å². The van der Waals surface area contributed by atoms with E-state index >= 15 is 0 Å². The van der Waals surface area contributed by atoms with Crippen LogP contribution in [-0.4, -0.2) is 0 Å². The molecule has 0 aliphatic heterocycles. The first-order chi connectivity index (χ1) is 7.38. The number of rotatable bonds is 3. The fourth-order valence-electron chi connectivity index (χ4n) is 1.36. The Morgan fingerprint density at radius 2 is 2.00 bits per heavy atom. The zero-order valence-electron chi connectivity index (χ0n) is 8.39. The Morgan fingerprint density at radius 1 is 1.38 bits per heavy atom. The minimum atomic E-state index is -4.70. The fraction of sp³-hybridized carbons (Fsp3) is 0.273. The molecular weight excluding hydrogens is 222 g/mol. The van der Waals surface area contributed by atoms with Crippen molar-refractivity contribution in [3.63, 3.8) is 0 Å². The Bertz CT molecular complexity index is 384. The van der Waals surface area contributed by atoms with Crippen LogP contribution in [0.1, 0.15) is 23.6 Å². The van der Waals surface area contributed by atoms with Crippen molar-refractivity contribution < 1.29 is 17.6 Å². The third-order valence-electron chi connectivity index (χ3n) is 2.15. The lowest BCUT2D eigenvalue weighted by Crippen LogP contribution is -2.15. The molecule has 1 aromatic rings. The van der Waals surface area contributed by atoms with E-state index in [9.17, 15) is 17.6 Å². The van der Waals surface area contributed by atoms with E-state index in [0.29, 0.717) is 6.07 Å². The van der Waals surface area contributed by atoms with Crippen molar-refractivity contribution in [2.45, 2.75) is 18.6 Å². The molecule has 1 atom stereocenters. The Labute approximate surface area is 90.6 Å². The predicted molar refractivity (Wildman–Crippen MR) is 53.1 cm³/mol. The molecule has 0 radical (unpaired) electrons. The molecule has 16 heavy (non-hydrogen) atoms. The Hall–Kier alpha value is -1.36. The van der Waals surface area contributed by atoms with Crippen LogP contribution in [0.2, 0.25) is 0 Å². The minimum Gasteiger partial charge on any atom is -0.324 e. The molecule has 0 saturated heterocycles. The van der Waals surface area contributed by atoms with Gasteiger partial charge in [0.25, 0.3) is 0 Å². The smallest absolute Gasteiger partial charge is 0.324 e. The van der Waals surface area contributed by atoms with Crippen molar-refractivity contribution in [1.29, 1.82) is 0 Å². The third kappa shape index (κ3) is 2.61. The Balaban J connectivity index is 3.18. The van der Waals surface area contributed by atoms with Crippen molar-refractivity contribution in [1.82, 2.24) is 0 Å². The molecule has 0 amide bonds. The summed E-state index contributed by atoms with van der Waals surface area (Å²) in [5.41, 5.74) is 4.11. The molecule has 1 unspecified atom stereocenters. The van der Waals surface area contributed by atoms with Gasteiger partial charge in [-0.2, -0.15) is 13.2 Å². The Morgan fingerprint density at radius 3 is 2.50 bits per heavy atom. The highest BCUT2D eigenvalue weighted by Gasteiger charge is 2.35. The van der Waals surface area contributed by atoms with E-state index in [4.69, 9.17) is 5.73 Å². The van der Waals surface area contributed by atoms with Gasteiger partial charge in [0.05, 0.1) is 5.56 Å². The van der Waals surface area contributed by atoms with E-state index in [1.165, 1.54) is 12.1 Å². The molecule has 0 fully saturated rings. The van der Waals surface area contributed by atoms with Crippen LogP contribution in [0.3, 0.4) is 0 Å². The van der Waals surface area contributed by atoms with Crippen LogP contribution in [0.5, 0.6) is 0 Å². The van der Waals surface area contributed by atoms with Crippen LogP contribution >= 0.6 is 0 Å². The van der Waals surface area contributed by atoms with Gasteiger partial charge in [0, 0.05) is 11.6 Å². The van der Waals surface area contributed by atoms with E-state index in [1.807, 2.05) is 0 Å². The number of hydrogen-bond donors (Lipinski definition) is 1. The second kappa shape index (κ2) is 4.65. The molecule has 0 bridgehead atoms. The quantitative estimate of drug-likeness (QED) is 0.628. The molecule has 1 nitrogen and oxygen atoms in total. The third-order valence-corrected chi connectivity index (χ3v) is 2.15. The van der Waals surface area contributed by atoms with Gasteiger partial charge in [0.15, 0.2) is 0 Å². The SMILES string of the molecule is C=CCC(N)c1cccc(C(F)(F)F)c1F. The van der Waals surface area contributed by atoms with Gasteiger partial charge in [0.1, 0.15) is 5.82 Å². The summed E-state index contributed by atoms with van der Waals surface area (Å²) in [7, 11) is 0. The maximum Gasteiger partial charge on any atom is 0.419 e. The molecule has 1 rings (SSSR count). The summed E-state index contributed by atoms with van der Waals surface area (Å²) in [6, 6.07) is 2.28. The lowest BCUT2D eigenvalue weighted by atomic mass is 10.0. The molecule has 0 aliphatic carbocycles. The highest BCUT2D eigenvalue weighted by atomic mass is 19.4. The summed E-state index contributed by atoms with van der Waals surface area (Å²) in [5, 5.41) is 0. The van der Waals surface area contributed by atoms with Crippen LogP contribution in [0, 0.1) is 5.82 Å². The Kier molecular flexibility index (Phi) is 3.70.